The highest BCUT2D eigenvalue weighted by molar-refractivity contribution is 5.76. The van der Waals surface area contributed by atoms with Crippen LogP contribution in [0.3, 0.4) is 0 Å². The summed E-state index contributed by atoms with van der Waals surface area (Å²) < 4.78 is 44.4. The van der Waals surface area contributed by atoms with Crippen molar-refractivity contribution in [2.24, 2.45) is 0 Å². The summed E-state index contributed by atoms with van der Waals surface area (Å²) in [6.07, 6.45) is -2.83. The lowest BCUT2D eigenvalue weighted by atomic mass is 9.97. The molecule has 0 radical (unpaired) electrons. The summed E-state index contributed by atoms with van der Waals surface area (Å²) in [5.74, 6) is 0.396. The number of halogens is 3. The highest BCUT2D eigenvalue weighted by Crippen LogP contribution is 2.40. The van der Waals surface area contributed by atoms with E-state index in [0.29, 0.717) is 11.3 Å². The predicted molar refractivity (Wildman–Crippen MR) is 73.5 cm³/mol. The van der Waals surface area contributed by atoms with Crippen molar-refractivity contribution in [3.05, 3.63) is 60.2 Å². The normalized spacial score (nSPS) is 11.2. The van der Waals surface area contributed by atoms with Gasteiger partial charge in [0.15, 0.2) is 0 Å². The minimum Gasteiger partial charge on any atom is -0.496 e. The first-order chi connectivity index (χ1) is 9.47. The van der Waals surface area contributed by atoms with Crippen LogP contribution in [0.5, 0.6) is 5.75 Å². The van der Waals surface area contributed by atoms with Crippen LogP contribution in [0.4, 0.5) is 13.2 Å². The molecule has 2 aromatic rings. The van der Waals surface area contributed by atoms with E-state index in [2.05, 4.69) is 6.58 Å². The van der Waals surface area contributed by atoms with Crippen LogP contribution in [-0.2, 0) is 6.18 Å². The summed E-state index contributed by atoms with van der Waals surface area (Å²) in [5.41, 5.74) is 0.552. The molecule has 0 N–H and O–H groups in total. The second-order valence-electron chi connectivity index (χ2n) is 4.21. The summed E-state index contributed by atoms with van der Waals surface area (Å²) in [7, 11) is 1.43. The molecule has 0 spiro atoms. The maximum absolute atomic E-state index is 13.1. The monoisotopic (exact) mass is 278 g/mol. The molecule has 0 aliphatic rings. The third kappa shape index (κ3) is 2.69. The molecular weight excluding hydrogens is 265 g/mol. The van der Waals surface area contributed by atoms with Gasteiger partial charge >= 0.3 is 6.18 Å². The molecule has 0 aromatic heterocycles. The highest BCUT2D eigenvalue weighted by Gasteiger charge is 2.33. The minimum atomic E-state index is -4.41. The van der Waals surface area contributed by atoms with Gasteiger partial charge in [-0.2, -0.15) is 13.2 Å². The van der Waals surface area contributed by atoms with Crippen molar-refractivity contribution in [1.82, 2.24) is 0 Å². The van der Waals surface area contributed by atoms with E-state index in [1.165, 1.54) is 19.2 Å². The minimum absolute atomic E-state index is 0.0977. The molecule has 0 unspecified atom stereocenters. The van der Waals surface area contributed by atoms with Crippen molar-refractivity contribution in [2.45, 2.75) is 6.18 Å². The highest BCUT2D eigenvalue weighted by atomic mass is 19.4. The molecule has 20 heavy (non-hydrogen) atoms. The lowest BCUT2D eigenvalue weighted by molar-refractivity contribution is -0.137. The van der Waals surface area contributed by atoms with E-state index in [-0.39, 0.29) is 5.56 Å². The Morgan fingerprint density at radius 2 is 1.75 bits per heavy atom. The van der Waals surface area contributed by atoms with E-state index in [0.717, 1.165) is 11.6 Å². The topological polar surface area (TPSA) is 9.23 Å². The zero-order chi connectivity index (χ0) is 14.8. The van der Waals surface area contributed by atoms with Gasteiger partial charge in [0.2, 0.25) is 0 Å². The summed E-state index contributed by atoms with van der Waals surface area (Å²) in [6.45, 7) is 3.63. The first-order valence-corrected chi connectivity index (χ1v) is 5.94. The SMILES string of the molecule is C=Cc1ccc(OC)c(-c2ccccc2C(F)(F)F)c1. The second kappa shape index (κ2) is 5.41. The lowest BCUT2D eigenvalue weighted by Crippen LogP contribution is -2.07. The van der Waals surface area contributed by atoms with Crippen molar-refractivity contribution < 1.29 is 17.9 Å². The van der Waals surface area contributed by atoms with Gasteiger partial charge in [0.25, 0.3) is 0 Å². The van der Waals surface area contributed by atoms with E-state index in [1.54, 1.807) is 30.3 Å². The zero-order valence-corrected chi connectivity index (χ0v) is 10.9. The predicted octanol–water partition coefficient (Wildman–Crippen LogP) is 5.02. The third-order valence-electron chi connectivity index (χ3n) is 2.98. The van der Waals surface area contributed by atoms with E-state index in [9.17, 15) is 13.2 Å². The molecule has 0 amide bonds. The fraction of sp³-hybridized carbons (Fsp3) is 0.125. The molecule has 4 heteroatoms. The van der Waals surface area contributed by atoms with Crippen molar-refractivity contribution in [3.63, 3.8) is 0 Å². The Kier molecular flexibility index (Phi) is 3.84. The molecular formula is C16H13F3O. The molecule has 104 valence electrons. The van der Waals surface area contributed by atoms with Gasteiger partial charge in [0.05, 0.1) is 12.7 Å². The fourth-order valence-electron chi connectivity index (χ4n) is 2.03. The molecule has 0 saturated heterocycles. The van der Waals surface area contributed by atoms with Crippen molar-refractivity contribution in [2.75, 3.05) is 7.11 Å². The van der Waals surface area contributed by atoms with Gasteiger partial charge in [-0.3, -0.25) is 0 Å². The van der Waals surface area contributed by atoms with E-state index in [1.807, 2.05) is 0 Å². The number of rotatable bonds is 3. The van der Waals surface area contributed by atoms with Crippen molar-refractivity contribution in [3.8, 4) is 16.9 Å². The largest absolute Gasteiger partial charge is 0.496 e. The standard InChI is InChI=1S/C16H13F3O/c1-3-11-8-9-15(20-2)13(10-11)12-6-4-5-7-14(12)16(17,18)19/h3-10H,1H2,2H3. The average molecular weight is 278 g/mol. The number of hydrogen-bond donors (Lipinski definition) is 0. The Hall–Kier alpha value is -2.23. The molecule has 0 saturated carbocycles. The van der Waals surface area contributed by atoms with Crippen LogP contribution >= 0.6 is 0 Å². The summed E-state index contributed by atoms with van der Waals surface area (Å²) in [5, 5.41) is 0. The Labute approximate surface area is 115 Å². The average Bonchev–Trinajstić information content (AvgIpc) is 2.45. The Morgan fingerprint density at radius 3 is 2.35 bits per heavy atom. The van der Waals surface area contributed by atoms with E-state index >= 15 is 0 Å². The van der Waals surface area contributed by atoms with E-state index < -0.39 is 11.7 Å². The first kappa shape index (κ1) is 14.2. The van der Waals surface area contributed by atoms with Gasteiger partial charge in [-0.05, 0) is 29.3 Å². The maximum Gasteiger partial charge on any atom is 0.417 e. The Morgan fingerprint density at radius 1 is 1.05 bits per heavy atom. The molecule has 0 aliphatic carbocycles. The quantitative estimate of drug-likeness (QED) is 0.765. The summed E-state index contributed by atoms with van der Waals surface area (Å²) in [6, 6.07) is 10.5. The third-order valence-corrected chi connectivity index (χ3v) is 2.98. The van der Waals surface area contributed by atoms with Crippen LogP contribution in [0.2, 0.25) is 0 Å². The van der Waals surface area contributed by atoms with Crippen LogP contribution in [0.15, 0.2) is 49.0 Å². The molecule has 1 nitrogen and oxygen atoms in total. The van der Waals surface area contributed by atoms with Crippen molar-refractivity contribution in [1.29, 1.82) is 0 Å². The van der Waals surface area contributed by atoms with Crippen molar-refractivity contribution >= 4 is 6.08 Å². The molecule has 0 atom stereocenters. The number of benzene rings is 2. The van der Waals surface area contributed by atoms with Gasteiger partial charge in [0.1, 0.15) is 5.75 Å². The Bertz CT molecular complexity index is 630. The maximum atomic E-state index is 13.1. The number of methoxy groups -OCH3 is 1. The van der Waals surface area contributed by atoms with Crippen LogP contribution in [0.25, 0.3) is 17.2 Å². The molecule has 0 bridgehead atoms. The van der Waals surface area contributed by atoms with Gasteiger partial charge < -0.3 is 4.74 Å². The lowest BCUT2D eigenvalue weighted by Gasteiger charge is -2.15. The number of hydrogen-bond acceptors (Lipinski definition) is 1. The Balaban J connectivity index is 2.71. The van der Waals surface area contributed by atoms with Crippen LogP contribution in [0, 0.1) is 0 Å². The molecule has 0 heterocycles. The molecule has 0 fully saturated rings. The number of ether oxygens (including phenoxy) is 1. The molecule has 0 aliphatic heterocycles. The van der Waals surface area contributed by atoms with Crippen LogP contribution in [-0.4, -0.2) is 7.11 Å². The smallest absolute Gasteiger partial charge is 0.417 e. The summed E-state index contributed by atoms with van der Waals surface area (Å²) in [4.78, 5) is 0. The van der Waals surface area contributed by atoms with Gasteiger partial charge in [0, 0.05) is 5.56 Å². The second-order valence-corrected chi connectivity index (χ2v) is 4.21. The van der Waals surface area contributed by atoms with Crippen LogP contribution in [0.1, 0.15) is 11.1 Å². The van der Waals surface area contributed by atoms with Gasteiger partial charge in [-0.25, -0.2) is 0 Å². The van der Waals surface area contributed by atoms with E-state index in [4.69, 9.17) is 4.74 Å². The van der Waals surface area contributed by atoms with Crippen LogP contribution < -0.4 is 4.74 Å². The van der Waals surface area contributed by atoms with Gasteiger partial charge in [-0.15, -0.1) is 0 Å². The first-order valence-electron chi connectivity index (χ1n) is 5.94. The summed E-state index contributed by atoms with van der Waals surface area (Å²) >= 11 is 0. The molecule has 2 rings (SSSR count). The zero-order valence-electron chi connectivity index (χ0n) is 10.9. The fourth-order valence-corrected chi connectivity index (χ4v) is 2.03. The van der Waals surface area contributed by atoms with Gasteiger partial charge in [-0.1, -0.05) is 36.9 Å². The number of alkyl halides is 3. The molecule has 2 aromatic carbocycles.